The number of hydrogen-bond acceptors (Lipinski definition) is 3. The van der Waals surface area contributed by atoms with Gasteiger partial charge in [-0.05, 0) is 43.2 Å². The van der Waals surface area contributed by atoms with Gasteiger partial charge in [0, 0.05) is 6.20 Å². The summed E-state index contributed by atoms with van der Waals surface area (Å²) < 4.78 is 5.30. The van der Waals surface area contributed by atoms with Gasteiger partial charge in [0.15, 0.2) is 0 Å². The van der Waals surface area contributed by atoms with E-state index in [4.69, 9.17) is 16.3 Å². The van der Waals surface area contributed by atoms with Gasteiger partial charge in [0.2, 0.25) is 5.78 Å². The average Bonchev–Trinajstić information content (AvgIpc) is 2.38. The van der Waals surface area contributed by atoms with Crippen molar-refractivity contribution in [2.45, 2.75) is 13.8 Å². The first-order chi connectivity index (χ1) is 9.02. The zero-order valence-electron chi connectivity index (χ0n) is 11.0. The van der Waals surface area contributed by atoms with Gasteiger partial charge in [-0.3, -0.25) is 9.78 Å². The molecule has 0 amide bonds. The van der Waals surface area contributed by atoms with Crippen LogP contribution in [0.2, 0.25) is 5.02 Å². The maximum atomic E-state index is 12.5. The van der Waals surface area contributed by atoms with Gasteiger partial charge in [-0.15, -0.1) is 0 Å². The van der Waals surface area contributed by atoms with E-state index >= 15 is 0 Å². The van der Waals surface area contributed by atoms with Crippen LogP contribution in [-0.4, -0.2) is 17.9 Å². The quantitative estimate of drug-likeness (QED) is 0.804. The van der Waals surface area contributed by atoms with E-state index < -0.39 is 0 Å². The van der Waals surface area contributed by atoms with Crippen molar-refractivity contribution in [3.63, 3.8) is 0 Å². The molecule has 0 aliphatic heterocycles. The van der Waals surface area contributed by atoms with Gasteiger partial charge in [0.05, 0.1) is 17.7 Å². The summed E-state index contributed by atoms with van der Waals surface area (Å²) in [7, 11) is 1.56. The maximum Gasteiger partial charge on any atom is 0.215 e. The van der Waals surface area contributed by atoms with Crippen LogP contribution >= 0.6 is 11.6 Å². The Hall–Kier alpha value is -1.87. The van der Waals surface area contributed by atoms with E-state index in [1.54, 1.807) is 19.2 Å². The lowest BCUT2D eigenvalue weighted by Crippen LogP contribution is -2.08. The molecule has 0 radical (unpaired) electrons. The minimum absolute atomic E-state index is 0.161. The smallest absolute Gasteiger partial charge is 0.215 e. The molecule has 0 N–H and O–H groups in total. The molecule has 0 spiro atoms. The van der Waals surface area contributed by atoms with Crippen LogP contribution in [0.5, 0.6) is 5.75 Å². The first-order valence-electron chi connectivity index (χ1n) is 5.84. The third-order valence-electron chi connectivity index (χ3n) is 2.85. The van der Waals surface area contributed by atoms with Crippen LogP contribution in [0.1, 0.15) is 27.2 Å². The van der Waals surface area contributed by atoms with Gasteiger partial charge in [-0.2, -0.15) is 0 Å². The lowest BCUT2D eigenvalue weighted by atomic mass is 9.99. The Balaban J connectivity index is 2.52. The van der Waals surface area contributed by atoms with E-state index in [0.29, 0.717) is 22.0 Å². The van der Waals surface area contributed by atoms with Crippen LogP contribution in [0.3, 0.4) is 0 Å². The number of nitrogens with zero attached hydrogens (tertiary/aromatic N) is 1. The molecule has 1 aromatic carbocycles. The number of methoxy groups -OCH3 is 1. The molecule has 1 aromatic heterocycles. The van der Waals surface area contributed by atoms with Crippen LogP contribution < -0.4 is 4.74 Å². The molecule has 19 heavy (non-hydrogen) atoms. The highest BCUT2D eigenvalue weighted by atomic mass is 35.5. The summed E-state index contributed by atoms with van der Waals surface area (Å²) in [5.41, 5.74) is 2.83. The van der Waals surface area contributed by atoms with Gasteiger partial charge < -0.3 is 4.74 Å². The monoisotopic (exact) mass is 275 g/mol. The first-order valence-corrected chi connectivity index (χ1v) is 6.22. The fraction of sp³-hybridized carbons (Fsp3) is 0.200. The van der Waals surface area contributed by atoms with Crippen molar-refractivity contribution in [3.05, 3.63) is 57.9 Å². The number of aromatic nitrogens is 1. The Morgan fingerprint density at radius 2 is 2.00 bits per heavy atom. The second kappa shape index (κ2) is 5.41. The number of carbonyl (C=O) groups is 1. The molecule has 0 saturated heterocycles. The number of aryl methyl sites for hydroxylation is 2. The lowest BCUT2D eigenvalue weighted by molar-refractivity contribution is 0.103. The predicted molar refractivity (Wildman–Crippen MR) is 75.1 cm³/mol. The SMILES string of the molecule is COc1cc(C)cc(C)c1C(=O)c1ccc(Cl)cn1. The predicted octanol–water partition coefficient (Wildman–Crippen LogP) is 3.59. The Labute approximate surface area is 117 Å². The molecule has 0 saturated carbocycles. The van der Waals surface area contributed by atoms with E-state index in [2.05, 4.69) is 4.98 Å². The largest absolute Gasteiger partial charge is 0.496 e. The Kier molecular flexibility index (Phi) is 3.86. The van der Waals surface area contributed by atoms with Gasteiger partial charge in [-0.1, -0.05) is 17.7 Å². The third kappa shape index (κ3) is 2.76. The Bertz CT molecular complexity index is 621. The second-order valence-corrected chi connectivity index (χ2v) is 4.79. The van der Waals surface area contributed by atoms with Crippen LogP contribution in [0.4, 0.5) is 0 Å². The normalized spacial score (nSPS) is 10.3. The van der Waals surface area contributed by atoms with Crippen LogP contribution in [0, 0.1) is 13.8 Å². The van der Waals surface area contributed by atoms with E-state index in [1.807, 2.05) is 26.0 Å². The van der Waals surface area contributed by atoms with E-state index in [0.717, 1.165) is 11.1 Å². The number of ether oxygens (including phenoxy) is 1. The molecule has 1 heterocycles. The van der Waals surface area contributed by atoms with Gasteiger partial charge in [0.25, 0.3) is 0 Å². The average molecular weight is 276 g/mol. The zero-order chi connectivity index (χ0) is 14.0. The summed E-state index contributed by atoms with van der Waals surface area (Å²) in [6.07, 6.45) is 1.46. The fourth-order valence-electron chi connectivity index (χ4n) is 2.02. The first kappa shape index (κ1) is 13.6. The van der Waals surface area contributed by atoms with Gasteiger partial charge >= 0.3 is 0 Å². The highest BCUT2D eigenvalue weighted by Crippen LogP contribution is 2.26. The molecule has 2 aromatic rings. The van der Waals surface area contributed by atoms with Crippen molar-refractivity contribution < 1.29 is 9.53 Å². The number of rotatable bonds is 3. The lowest BCUT2D eigenvalue weighted by Gasteiger charge is -2.11. The minimum Gasteiger partial charge on any atom is -0.496 e. The third-order valence-corrected chi connectivity index (χ3v) is 3.07. The number of hydrogen-bond donors (Lipinski definition) is 0. The standard InChI is InChI=1S/C15H14ClNO2/c1-9-6-10(2)14(13(7-9)19-3)15(18)12-5-4-11(16)8-17-12/h4-8H,1-3H3. The summed E-state index contributed by atoms with van der Waals surface area (Å²) in [5.74, 6) is 0.408. The van der Waals surface area contributed by atoms with Crippen molar-refractivity contribution in [2.24, 2.45) is 0 Å². The fourth-order valence-corrected chi connectivity index (χ4v) is 2.13. The van der Waals surface area contributed by atoms with Crippen LogP contribution in [0.25, 0.3) is 0 Å². The summed E-state index contributed by atoms with van der Waals surface area (Å²) >= 11 is 5.77. The van der Waals surface area contributed by atoms with E-state index in [1.165, 1.54) is 6.20 Å². The highest BCUT2D eigenvalue weighted by Gasteiger charge is 2.18. The zero-order valence-corrected chi connectivity index (χ0v) is 11.8. The Morgan fingerprint density at radius 1 is 1.26 bits per heavy atom. The molecule has 0 aliphatic rings. The van der Waals surface area contributed by atoms with Gasteiger partial charge in [0.1, 0.15) is 11.4 Å². The van der Waals surface area contributed by atoms with E-state index in [-0.39, 0.29) is 5.78 Å². The molecule has 0 atom stereocenters. The molecule has 4 heteroatoms. The van der Waals surface area contributed by atoms with Crippen LogP contribution in [0.15, 0.2) is 30.5 Å². The number of benzene rings is 1. The number of carbonyl (C=O) groups excluding carboxylic acids is 1. The van der Waals surface area contributed by atoms with Crippen molar-refractivity contribution in [3.8, 4) is 5.75 Å². The molecular weight excluding hydrogens is 262 g/mol. The maximum absolute atomic E-state index is 12.5. The molecule has 2 rings (SSSR count). The number of pyridine rings is 1. The highest BCUT2D eigenvalue weighted by molar-refractivity contribution is 6.30. The molecule has 98 valence electrons. The second-order valence-electron chi connectivity index (χ2n) is 4.35. The molecular formula is C15H14ClNO2. The van der Waals surface area contributed by atoms with Crippen molar-refractivity contribution >= 4 is 17.4 Å². The van der Waals surface area contributed by atoms with E-state index in [9.17, 15) is 4.79 Å². The van der Waals surface area contributed by atoms with Crippen molar-refractivity contribution in [1.29, 1.82) is 0 Å². The topological polar surface area (TPSA) is 39.2 Å². The summed E-state index contributed by atoms with van der Waals surface area (Å²) in [6.45, 7) is 3.85. The summed E-state index contributed by atoms with van der Waals surface area (Å²) in [4.78, 5) is 16.5. The number of ketones is 1. The Morgan fingerprint density at radius 3 is 2.58 bits per heavy atom. The van der Waals surface area contributed by atoms with Crippen molar-refractivity contribution in [2.75, 3.05) is 7.11 Å². The molecule has 0 aliphatic carbocycles. The van der Waals surface area contributed by atoms with Crippen LogP contribution in [-0.2, 0) is 0 Å². The summed E-state index contributed by atoms with van der Waals surface area (Å²) in [5, 5.41) is 0.504. The molecule has 0 bridgehead atoms. The molecule has 0 unspecified atom stereocenters. The van der Waals surface area contributed by atoms with Crippen molar-refractivity contribution in [1.82, 2.24) is 4.98 Å². The minimum atomic E-state index is -0.161. The summed E-state index contributed by atoms with van der Waals surface area (Å²) in [6, 6.07) is 7.06. The molecule has 3 nitrogen and oxygen atoms in total. The number of halogens is 1. The molecule has 0 fully saturated rings. The van der Waals surface area contributed by atoms with Gasteiger partial charge in [-0.25, -0.2) is 0 Å².